The van der Waals surface area contributed by atoms with Crippen molar-refractivity contribution in [1.29, 1.82) is 0 Å². The van der Waals surface area contributed by atoms with E-state index in [-0.39, 0.29) is 116 Å². The molecule has 0 fully saturated rings. The molecule has 0 aliphatic carbocycles. The van der Waals surface area contributed by atoms with Gasteiger partial charge in [0.25, 0.3) is 0 Å². The second kappa shape index (κ2) is 24.4. The SMILES string of the molecule is CCC(CC)(c1cc(C(C)(C)C)c(O)c(C(C)(C)C)c1)P(=O)([O-])Cc1cc(C(C)(C)C)c(O)c(C(C)(C)C)c1.CCC(CC)(c1cc(C(C)(C)C)c(O)c(C(C)(C)C)c1)P(=O)([O-])Cc1cc(C(C)(C)C)c(O)c(C(C)(C)C)c1.[Ca+2]. The van der Waals surface area contributed by atoms with E-state index in [0.29, 0.717) is 36.8 Å². The van der Waals surface area contributed by atoms with Crippen molar-refractivity contribution in [1.82, 2.24) is 0 Å². The van der Waals surface area contributed by atoms with Crippen molar-refractivity contribution < 1.29 is 39.3 Å². The van der Waals surface area contributed by atoms with Crippen LogP contribution in [0.3, 0.4) is 0 Å². The van der Waals surface area contributed by atoms with E-state index in [0.717, 1.165) is 55.6 Å². The van der Waals surface area contributed by atoms with Crippen molar-refractivity contribution in [2.75, 3.05) is 0 Å². The number of phenolic OH excluding ortho intramolecular Hbond substituents is 4. The Labute approximate surface area is 511 Å². The van der Waals surface area contributed by atoms with Crippen LogP contribution in [-0.4, -0.2) is 58.2 Å². The molecule has 0 saturated carbocycles. The third-order valence-electron chi connectivity index (χ3n) is 16.5. The Kier molecular flexibility index (Phi) is 22.5. The fourth-order valence-corrected chi connectivity index (χ4v) is 16.3. The predicted octanol–water partition coefficient (Wildman–Crippen LogP) is 17.9. The van der Waals surface area contributed by atoms with Crippen LogP contribution in [0.5, 0.6) is 23.0 Å². The quantitative estimate of drug-likeness (QED) is 0.0805. The Morgan fingerprint density at radius 3 is 0.582 bits per heavy atom. The Balaban J connectivity index is 0.000000533. The van der Waals surface area contributed by atoms with Gasteiger partial charge in [-0.25, -0.2) is 0 Å². The molecular formula is C68H108CaO8P2. The maximum absolute atomic E-state index is 14.6. The van der Waals surface area contributed by atoms with Crippen LogP contribution in [0.25, 0.3) is 0 Å². The van der Waals surface area contributed by atoms with Crippen LogP contribution in [0.4, 0.5) is 0 Å². The van der Waals surface area contributed by atoms with E-state index < -0.39 is 25.0 Å². The zero-order valence-corrected chi connectivity index (χ0v) is 58.9. The first kappa shape index (κ1) is 72.8. The molecule has 4 rings (SSSR count). The minimum Gasteiger partial charge on any atom is -0.798 e. The van der Waals surface area contributed by atoms with Gasteiger partial charge in [0.05, 0.1) is 0 Å². The van der Waals surface area contributed by atoms with Crippen LogP contribution in [-0.2, 0) is 75.1 Å². The summed E-state index contributed by atoms with van der Waals surface area (Å²) in [5.41, 5.74) is 6.21. The topological polar surface area (TPSA) is 161 Å². The van der Waals surface area contributed by atoms with E-state index in [9.17, 15) is 39.3 Å². The smallest absolute Gasteiger partial charge is 0.798 e. The molecule has 0 amide bonds. The molecule has 0 aliphatic heterocycles. The second-order valence-electron chi connectivity index (χ2n) is 31.1. The van der Waals surface area contributed by atoms with Crippen LogP contribution in [0, 0.1) is 0 Å². The summed E-state index contributed by atoms with van der Waals surface area (Å²) >= 11 is 0. The van der Waals surface area contributed by atoms with Gasteiger partial charge >= 0.3 is 37.7 Å². The van der Waals surface area contributed by atoms with Crippen LogP contribution in [0.15, 0.2) is 48.5 Å². The Hall–Kier alpha value is -2.28. The molecule has 2 unspecified atom stereocenters. The Bertz CT molecular complexity index is 2540. The van der Waals surface area contributed by atoms with Gasteiger partial charge in [0.15, 0.2) is 0 Å². The number of aromatic hydroxyl groups is 4. The summed E-state index contributed by atoms with van der Waals surface area (Å²) in [4.78, 5) is 29.2. The van der Waals surface area contributed by atoms with E-state index in [4.69, 9.17) is 0 Å². The van der Waals surface area contributed by atoms with Gasteiger partial charge in [-0.2, -0.15) is 0 Å². The molecule has 0 saturated heterocycles. The molecule has 8 nitrogen and oxygen atoms in total. The van der Waals surface area contributed by atoms with E-state index in [1.165, 1.54) is 0 Å². The summed E-state index contributed by atoms with van der Waals surface area (Å²) in [5.74, 6) is 1.01. The third-order valence-corrected chi connectivity index (χ3v) is 22.5. The van der Waals surface area contributed by atoms with E-state index >= 15 is 0 Å². The van der Waals surface area contributed by atoms with E-state index in [2.05, 4.69) is 0 Å². The van der Waals surface area contributed by atoms with Crippen LogP contribution < -0.4 is 9.79 Å². The molecule has 0 aliphatic rings. The molecule has 0 spiro atoms. The summed E-state index contributed by atoms with van der Waals surface area (Å²) in [5, 5.41) is 42.8. The first-order chi connectivity index (χ1) is 34.7. The molecule has 0 aromatic heterocycles. The largest absolute Gasteiger partial charge is 2.00 e. The van der Waals surface area contributed by atoms with Gasteiger partial charge in [0.1, 0.15) is 23.0 Å². The van der Waals surface area contributed by atoms with Crippen LogP contribution >= 0.6 is 14.7 Å². The summed E-state index contributed by atoms with van der Waals surface area (Å²) in [6.07, 6.45) is 1.52. The molecular weight excluding hydrogens is 1050 g/mol. The molecule has 4 aromatic rings. The number of hydrogen-bond acceptors (Lipinski definition) is 8. The second-order valence-corrected chi connectivity index (χ2v) is 36.1. The monoisotopic (exact) mass is 1150 g/mol. The Morgan fingerprint density at radius 1 is 0.316 bits per heavy atom. The van der Waals surface area contributed by atoms with Gasteiger partial charge in [-0.05, 0) is 136 Å². The Morgan fingerprint density at radius 2 is 0.456 bits per heavy atom. The molecule has 11 heteroatoms. The zero-order valence-electron chi connectivity index (χ0n) is 54.9. The molecule has 4 N–H and O–H groups in total. The average molecular weight is 1160 g/mol. The van der Waals surface area contributed by atoms with Crippen molar-refractivity contribution in [3.8, 4) is 23.0 Å². The summed E-state index contributed by atoms with van der Waals surface area (Å²) in [6, 6.07) is 15.2. The number of phenols is 4. The number of rotatable bonds is 12. The summed E-state index contributed by atoms with van der Waals surface area (Å²) in [6.45, 7) is 56.8. The van der Waals surface area contributed by atoms with Gasteiger partial charge in [-0.3, -0.25) is 0 Å². The van der Waals surface area contributed by atoms with Gasteiger partial charge in [0, 0.05) is 37.4 Å². The molecule has 79 heavy (non-hydrogen) atoms. The first-order valence-electron chi connectivity index (χ1n) is 28.8. The third kappa shape index (κ3) is 15.7. The maximum atomic E-state index is 14.6. The van der Waals surface area contributed by atoms with Crippen molar-refractivity contribution >= 4 is 52.5 Å². The molecule has 440 valence electrons. The average Bonchev–Trinajstić information content (AvgIpc) is 3.23. The maximum Gasteiger partial charge on any atom is 2.00 e. The molecule has 0 radical (unpaired) electrons. The van der Waals surface area contributed by atoms with E-state index in [1.54, 1.807) is 0 Å². The summed E-state index contributed by atoms with van der Waals surface area (Å²) < 4.78 is 29.2. The predicted molar refractivity (Wildman–Crippen MR) is 335 cm³/mol. The number of hydrogen-bond donors (Lipinski definition) is 4. The standard InChI is InChI=1S/2C34H55O4P.Ca/c2*1-15-34(16-2,23-19-26(32(9,10)11)29(36)27(20-23)33(12,13)14)39(37,38)21-22-17-24(30(3,4)5)28(35)25(18-22)31(6,7)8;/h2*17-20,35-36H,15-16,21H2,1-14H3,(H,37,38);/q;;+2/p-2. The van der Waals surface area contributed by atoms with Crippen molar-refractivity contribution in [2.45, 2.75) is 286 Å². The zero-order chi connectivity index (χ0) is 61.1. The molecule has 0 bridgehead atoms. The fraction of sp³-hybridized carbons (Fsp3) is 0.647. The minimum absolute atomic E-state index is 0. The van der Waals surface area contributed by atoms with Crippen molar-refractivity contribution in [2.24, 2.45) is 0 Å². The molecule has 2 atom stereocenters. The number of benzene rings is 4. The van der Waals surface area contributed by atoms with Crippen molar-refractivity contribution in [3.63, 3.8) is 0 Å². The van der Waals surface area contributed by atoms with Gasteiger partial charge in [-0.15, -0.1) is 0 Å². The normalized spacial score (nSPS) is 15.2. The first-order valence-corrected chi connectivity index (χ1v) is 32.4. The summed E-state index contributed by atoms with van der Waals surface area (Å²) in [7, 11) is -8.22. The van der Waals surface area contributed by atoms with Gasteiger partial charge < -0.3 is 39.3 Å². The van der Waals surface area contributed by atoms with Crippen molar-refractivity contribution in [3.05, 3.63) is 115 Å². The fourth-order valence-electron chi connectivity index (χ4n) is 11.4. The molecule has 4 aromatic carbocycles. The molecule has 0 heterocycles. The van der Waals surface area contributed by atoms with Gasteiger partial charge in [0.2, 0.25) is 0 Å². The van der Waals surface area contributed by atoms with Crippen LogP contribution in [0.1, 0.15) is 286 Å². The van der Waals surface area contributed by atoms with Crippen LogP contribution in [0.2, 0.25) is 0 Å². The van der Waals surface area contributed by atoms with Gasteiger partial charge in [-0.1, -0.05) is 242 Å². The minimum atomic E-state index is -4.11. The van der Waals surface area contributed by atoms with E-state index in [1.807, 2.05) is 242 Å².